The molecule has 2 aliphatic rings. The van der Waals surface area contributed by atoms with Gasteiger partial charge in [0.05, 0.1) is 25.9 Å². The average Bonchev–Trinajstić information content (AvgIpc) is 3.76. The lowest BCUT2D eigenvalue weighted by Crippen LogP contribution is -2.35. The van der Waals surface area contributed by atoms with E-state index < -0.39 is 90.2 Å². The second kappa shape index (κ2) is 12.5. The van der Waals surface area contributed by atoms with E-state index >= 15 is 8.78 Å². The number of aromatic amines is 1. The van der Waals surface area contributed by atoms with E-state index in [9.17, 15) is 28.8 Å². The van der Waals surface area contributed by atoms with Crippen LogP contribution < -0.4 is 17.0 Å². The van der Waals surface area contributed by atoms with Gasteiger partial charge < -0.3 is 35.7 Å². The quantitative estimate of drug-likeness (QED) is 0.104. The first-order chi connectivity index (χ1) is 21.9. The Kier molecular flexibility index (Phi) is 8.80. The summed E-state index contributed by atoms with van der Waals surface area (Å²) in [5.41, 5.74) is 10.5. The molecule has 0 spiro atoms. The smallest absolute Gasteiger partial charge is 0.394 e. The highest BCUT2D eigenvalue weighted by molar-refractivity contribution is 7.47. The summed E-state index contributed by atoms with van der Waals surface area (Å²) in [6, 6.07) is 0. The Bertz CT molecular complexity index is 1880. The van der Waals surface area contributed by atoms with Gasteiger partial charge in [0.25, 0.3) is 11.9 Å². The summed E-state index contributed by atoms with van der Waals surface area (Å²) in [4.78, 5) is 54.0. The Morgan fingerprint density at radius 3 is 2.43 bits per heavy atom. The van der Waals surface area contributed by atoms with E-state index in [1.807, 2.05) is 0 Å². The molecule has 8 N–H and O–H groups in total. The molecule has 46 heavy (non-hydrogen) atoms. The highest BCUT2D eigenvalue weighted by atomic mass is 31.2. The van der Waals surface area contributed by atoms with Crippen molar-refractivity contribution in [1.29, 1.82) is 0 Å². The van der Waals surface area contributed by atoms with Crippen molar-refractivity contribution in [2.24, 2.45) is 0 Å². The molecule has 6 unspecified atom stereocenters. The second-order valence-corrected chi connectivity index (χ2v) is 12.4. The van der Waals surface area contributed by atoms with Crippen LogP contribution in [0, 0.1) is 0 Å². The predicted octanol–water partition coefficient (Wildman–Crippen LogP) is -0.833. The van der Waals surface area contributed by atoms with Gasteiger partial charge in [-0.2, -0.15) is 9.88 Å². The maximum atomic E-state index is 15.7. The normalized spacial score (nSPS) is 29.9. The van der Waals surface area contributed by atoms with E-state index in [0.29, 0.717) is 0 Å². The fraction of sp³-hybridized carbons (Fsp3) is 0.524. The van der Waals surface area contributed by atoms with Crippen LogP contribution in [0.25, 0.3) is 22.3 Å². The van der Waals surface area contributed by atoms with Crippen LogP contribution >= 0.6 is 15.9 Å². The molecule has 0 saturated carbocycles. The van der Waals surface area contributed by atoms with Crippen LogP contribution in [0.5, 0.6) is 0 Å². The third-order valence-electron chi connectivity index (χ3n) is 7.13. The number of nitrogens with two attached hydrogens (primary N) is 2. The number of aromatic nitrogens is 8. The largest absolute Gasteiger partial charge is 0.534 e. The van der Waals surface area contributed by atoms with Gasteiger partial charge in [-0.25, -0.2) is 33.3 Å². The predicted molar refractivity (Wildman–Crippen MR) is 147 cm³/mol. The van der Waals surface area contributed by atoms with Gasteiger partial charge >= 0.3 is 15.9 Å². The molecular weight excluding hydrogens is 668 g/mol. The van der Waals surface area contributed by atoms with E-state index in [4.69, 9.17) is 34.7 Å². The second-order valence-electron chi connectivity index (χ2n) is 10.0. The van der Waals surface area contributed by atoms with Crippen LogP contribution in [0.1, 0.15) is 12.5 Å². The average molecular weight is 693 g/mol. The molecule has 6 rings (SSSR count). The number of halogens is 2. The zero-order valence-corrected chi connectivity index (χ0v) is 24.8. The first-order valence-corrected chi connectivity index (χ1v) is 16.0. The first kappa shape index (κ1) is 32.3. The monoisotopic (exact) mass is 693 g/mol. The molecule has 0 aliphatic carbocycles. The molecular formula is C21H25F2N10O11P2+. The van der Waals surface area contributed by atoms with E-state index in [-0.39, 0.29) is 34.1 Å². The van der Waals surface area contributed by atoms with Crippen molar-refractivity contribution in [2.45, 2.75) is 49.2 Å². The van der Waals surface area contributed by atoms with E-state index in [1.54, 1.807) is 0 Å². The molecule has 4 aromatic heterocycles. The van der Waals surface area contributed by atoms with Crippen LogP contribution in [0.3, 0.4) is 0 Å². The number of fused-ring (bicyclic) bond motifs is 2. The number of anilines is 2. The topological polar surface area (TPSA) is 300 Å². The molecule has 0 amide bonds. The Labute approximate surface area is 254 Å². The maximum Gasteiger partial charge on any atom is 0.534 e. The number of aliphatic hydroxyl groups excluding tert-OH is 1. The molecule has 0 radical (unpaired) electrons. The number of nitrogen functional groups attached to an aromatic ring is 2. The lowest BCUT2D eigenvalue weighted by atomic mass is 10.1. The number of rotatable bonds is 11. The molecule has 2 fully saturated rings. The van der Waals surface area contributed by atoms with Gasteiger partial charge in [0.1, 0.15) is 36.3 Å². The number of ether oxygens (including phenoxy) is 3. The van der Waals surface area contributed by atoms with Gasteiger partial charge in [-0.3, -0.25) is 28.0 Å². The van der Waals surface area contributed by atoms with Crippen molar-refractivity contribution >= 4 is 49.9 Å². The summed E-state index contributed by atoms with van der Waals surface area (Å²) in [6.07, 6.45) is -11.5. The molecule has 0 bridgehead atoms. The lowest BCUT2D eigenvalue weighted by Gasteiger charge is -2.24. The van der Waals surface area contributed by atoms with Crippen LogP contribution in [0.2, 0.25) is 0 Å². The minimum atomic E-state index is -5.27. The Morgan fingerprint density at radius 2 is 1.72 bits per heavy atom. The minimum absolute atomic E-state index is 0.000903. The summed E-state index contributed by atoms with van der Waals surface area (Å²) in [6.45, 7) is -1.76. The number of imidazole rings is 2. The van der Waals surface area contributed by atoms with Crippen molar-refractivity contribution in [3.63, 3.8) is 0 Å². The van der Waals surface area contributed by atoms with Crippen LogP contribution in [0.4, 0.5) is 20.5 Å². The summed E-state index contributed by atoms with van der Waals surface area (Å²) in [7, 11) is -8.14. The van der Waals surface area contributed by atoms with Crippen molar-refractivity contribution in [2.75, 3.05) is 31.0 Å². The van der Waals surface area contributed by atoms with Crippen LogP contribution in [0.15, 0.2) is 23.8 Å². The first-order valence-electron chi connectivity index (χ1n) is 13.1. The summed E-state index contributed by atoms with van der Waals surface area (Å²) in [5, 5.41) is 9.62. The number of phosphoric ester groups is 1. The molecule has 6 heterocycles. The molecule has 2 aliphatic heterocycles. The summed E-state index contributed by atoms with van der Waals surface area (Å²) >= 11 is 0. The molecule has 248 valence electrons. The highest BCUT2D eigenvalue weighted by Gasteiger charge is 2.52. The van der Waals surface area contributed by atoms with Gasteiger partial charge in [-0.1, -0.05) is 0 Å². The number of phosphoric acid groups is 1. The van der Waals surface area contributed by atoms with Crippen molar-refractivity contribution in [1.82, 2.24) is 39.0 Å². The molecule has 4 aromatic rings. The van der Waals surface area contributed by atoms with Crippen LogP contribution in [-0.2, 0) is 32.4 Å². The highest BCUT2D eigenvalue weighted by Crippen LogP contribution is 2.51. The van der Waals surface area contributed by atoms with Gasteiger partial charge in [-0.05, 0) is 4.57 Å². The number of hydrogen-bond donors (Lipinski definition) is 6. The third-order valence-corrected chi connectivity index (χ3v) is 8.49. The maximum absolute atomic E-state index is 15.7. The SMILES string of the molecule is Nc1nc2c(ncn2[C@@H]2O[C@H](CO)C(F)C2OP(=O)(O)OC[C@H]2O[C@@H](n3cnc4c(N)ncnc43)C(F)C2OC[P+](=O)O)c(=O)[nH]1. The van der Waals surface area contributed by atoms with Crippen molar-refractivity contribution < 1.29 is 56.1 Å². The standard InChI is InChI=1S/C21H24F2N10O11P2/c22-9-7(1-34)42-20(33-5-29-12-17(33)30-21(25)31-18(12)35)14(9)44-46(38,39)41-2-8-13(40-6-45(36)37)10(23)19(43-8)32-4-28-11-15(24)26-3-27-16(11)32/h3-5,7-10,13-14,19-20,34H,1-2,6H2,(H6-,24,25,26,27,30,31,35,36,37,38,39)/p+1/t7-,8-,9?,10?,13?,14?,19-,20-/m1/s1. The number of alkyl halides is 2. The van der Waals surface area contributed by atoms with Crippen molar-refractivity contribution in [3.05, 3.63) is 29.3 Å². The fourth-order valence-corrected chi connectivity index (χ4v) is 6.34. The molecule has 2 saturated heterocycles. The Balaban J connectivity index is 1.22. The Hall–Kier alpha value is -3.63. The van der Waals surface area contributed by atoms with E-state index in [0.717, 1.165) is 28.1 Å². The molecule has 10 atom stereocenters. The molecule has 25 heteroatoms. The number of aliphatic hydroxyl groups is 1. The fourth-order valence-electron chi connectivity index (χ4n) is 5.12. The number of H-pyrrole nitrogens is 1. The number of nitrogens with zero attached hydrogens (tertiary/aromatic N) is 7. The van der Waals surface area contributed by atoms with E-state index in [2.05, 4.69) is 29.9 Å². The summed E-state index contributed by atoms with van der Waals surface area (Å²) in [5.74, 6) is -0.316. The zero-order valence-electron chi connectivity index (χ0n) is 23.0. The van der Waals surface area contributed by atoms with Crippen molar-refractivity contribution in [3.8, 4) is 0 Å². The molecule has 21 nitrogen and oxygen atoms in total. The summed E-state index contributed by atoms with van der Waals surface area (Å²) < 4.78 is 84.3. The van der Waals surface area contributed by atoms with E-state index in [1.165, 1.54) is 0 Å². The van der Waals surface area contributed by atoms with Gasteiger partial charge in [0.15, 0.2) is 47.4 Å². The molecule has 0 aromatic carbocycles. The number of hydrogen-bond acceptors (Lipinski definition) is 16. The minimum Gasteiger partial charge on any atom is -0.394 e. The number of nitrogens with one attached hydrogen (secondary N) is 1. The van der Waals surface area contributed by atoms with Gasteiger partial charge in [0, 0.05) is 0 Å². The van der Waals surface area contributed by atoms with Crippen LogP contribution in [-0.4, -0.2) is 110 Å². The third kappa shape index (κ3) is 5.97. The van der Waals surface area contributed by atoms with Gasteiger partial charge in [-0.15, -0.1) is 0 Å². The van der Waals surface area contributed by atoms with Gasteiger partial charge in [0.2, 0.25) is 5.95 Å². The lowest BCUT2D eigenvalue weighted by molar-refractivity contribution is -0.0645. The zero-order chi connectivity index (χ0) is 32.9. The Morgan fingerprint density at radius 1 is 1.02 bits per heavy atom.